The van der Waals surface area contributed by atoms with Crippen molar-refractivity contribution in [1.82, 2.24) is 19.5 Å². The third-order valence-electron chi connectivity index (χ3n) is 6.66. The Morgan fingerprint density at radius 2 is 1.85 bits per heavy atom. The molecule has 1 aliphatic rings. The van der Waals surface area contributed by atoms with E-state index in [0.29, 0.717) is 10.5 Å². The molecular formula is C25H30N6OS2. The highest BCUT2D eigenvalue weighted by Gasteiger charge is 2.19. The Balaban J connectivity index is 1.14. The Bertz CT molecular complexity index is 1400. The number of nitrogens with zero attached hydrogens (tertiary/aromatic N) is 5. The summed E-state index contributed by atoms with van der Waals surface area (Å²) < 4.78 is 1.21. The standard InChI is InChI=1S/C25H30N6OS2/c1-16-15-21(27-20-8-5-4-7-19(16)20)30-12-10-29(11-13-30)9-6-14-33-25-28-23-22(24(32)31(25)26)17(2)18(3)34-23/h4-5,7-8,15H,6,9-14,26H2,1-3H3. The minimum atomic E-state index is -0.150. The summed E-state index contributed by atoms with van der Waals surface area (Å²) in [5, 5.41) is 2.48. The van der Waals surface area contributed by atoms with E-state index in [2.05, 4.69) is 52.0 Å². The van der Waals surface area contributed by atoms with Crippen molar-refractivity contribution in [3.63, 3.8) is 0 Å². The number of piperazine rings is 1. The van der Waals surface area contributed by atoms with Crippen molar-refractivity contribution in [3.8, 4) is 0 Å². The Morgan fingerprint density at radius 1 is 1.09 bits per heavy atom. The smallest absolute Gasteiger partial charge is 0.281 e. The lowest BCUT2D eigenvalue weighted by molar-refractivity contribution is 0.258. The average Bonchev–Trinajstić information content (AvgIpc) is 3.13. The third-order valence-corrected chi connectivity index (χ3v) is 8.80. The molecule has 0 aliphatic carbocycles. The van der Waals surface area contributed by atoms with Crippen LogP contribution in [0.1, 0.15) is 22.4 Å². The van der Waals surface area contributed by atoms with Crippen LogP contribution in [-0.4, -0.2) is 58.0 Å². The molecule has 0 saturated carbocycles. The van der Waals surface area contributed by atoms with Gasteiger partial charge in [-0.25, -0.2) is 14.6 Å². The highest BCUT2D eigenvalue weighted by molar-refractivity contribution is 7.99. The van der Waals surface area contributed by atoms with Crippen molar-refractivity contribution in [2.24, 2.45) is 0 Å². The van der Waals surface area contributed by atoms with Crippen LogP contribution in [0.4, 0.5) is 5.82 Å². The number of benzene rings is 1. The van der Waals surface area contributed by atoms with E-state index in [4.69, 9.17) is 10.8 Å². The lowest BCUT2D eigenvalue weighted by atomic mass is 10.1. The van der Waals surface area contributed by atoms with E-state index in [1.54, 1.807) is 23.1 Å². The number of hydrogen-bond donors (Lipinski definition) is 1. The molecule has 1 fully saturated rings. The Morgan fingerprint density at radius 3 is 2.65 bits per heavy atom. The van der Waals surface area contributed by atoms with Crippen LogP contribution in [0.15, 0.2) is 40.3 Å². The van der Waals surface area contributed by atoms with E-state index in [9.17, 15) is 4.79 Å². The number of nitrogen functional groups attached to an aromatic ring is 1. The van der Waals surface area contributed by atoms with Crippen LogP contribution in [-0.2, 0) is 0 Å². The lowest BCUT2D eigenvalue weighted by Crippen LogP contribution is -2.47. The normalized spacial score (nSPS) is 15.0. The monoisotopic (exact) mass is 494 g/mol. The number of fused-ring (bicyclic) bond motifs is 2. The molecule has 0 atom stereocenters. The van der Waals surface area contributed by atoms with Crippen LogP contribution in [0.5, 0.6) is 0 Å². The van der Waals surface area contributed by atoms with Gasteiger partial charge in [-0.15, -0.1) is 11.3 Å². The second kappa shape index (κ2) is 9.56. The van der Waals surface area contributed by atoms with Crippen molar-refractivity contribution in [3.05, 3.63) is 56.7 Å². The molecule has 4 heterocycles. The van der Waals surface area contributed by atoms with E-state index < -0.39 is 0 Å². The molecule has 0 radical (unpaired) electrons. The summed E-state index contributed by atoms with van der Waals surface area (Å²) in [5.41, 5.74) is 3.18. The van der Waals surface area contributed by atoms with Gasteiger partial charge in [0.05, 0.1) is 10.9 Å². The van der Waals surface area contributed by atoms with Crippen LogP contribution in [0, 0.1) is 20.8 Å². The Hall–Kier alpha value is -2.62. The fourth-order valence-corrected chi connectivity index (χ4v) is 6.45. The topological polar surface area (TPSA) is 80.3 Å². The van der Waals surface area contributed by atoms with Gasteiger partial charge in [-0.1, -0.05) is 30.0 Å². The number of pyridine rings is 1. The molecule has 178 valence electrons. The molecule has 34 heavy (non-hydrogen) atoms. The van der Waals surface area contributed by atoms with Gasteiger partial charge >= 0.3 is 0 Å². The number of para-hydroxylation sites is 1. The number of rotatable bonds is 6. The van der Waals surface area contributed by atoms with Crippen molar-refractivity contribution < 1.29 is 0 Å². The quantitative estimate of drug-likeness (QED) is 0.188. The lowest BCUT2D eigenvalue weighted by Gasteiger charge is -2.35. The van der Waals surface area contributed by atoms with E-state index >= 15 is 0 Å². The molecule has 0 unspecified atom stereocenters. The number of anilines is 1. The minimum Gasteiger partial charge on any atom is -0.354 e. The third kappa shape index (κ3) is 4.39. The van der Waals surface area contributed by atoms with E-state index in [1.807, 2.05) is 13.8 Å². The largest absolute Gasteiger partial charge is 0.354 e. The van der Waals surface area contributed by atoms with Gasteiger partial charge in [0.15, 0.2) is 5.16 Å². The maximum atomic E-state index is 12.7. The number of aromatic nitrogens is 3. The zero-order chi connectivity index (χ0) is 23.8. The summed E-state index contributed by atoms with van der Waals surface area (Å²) >= 11 is 3.13. The van der Waals surface area contributed by atoms with Crippen LogP contribution in [0.2, 0.25) is 0 Å². The van der Waals surface area contributed by atoms with Gasteiger partial charge in [-0.05, 0) is 57.0 Å². The van der Waals surface area contributed by atoms with Crippen LogP contribution in [0.25, 0.3) is 21.1 Å². The summed E-state index contributed by atoms with van der Waals surface area (Å²) in [5.74, 6) is 8.03. The SMILES string of the molecule is Cc1sc2nc(SCCCN3CCN(c4cc(C)c5ccccc5n4)CC3)n(N)c(=O)c2c1C. The predicted molar refractivity (Wildman–Crippen MR) is 144 cm³/mol. The number of nitrogens with two attached hydrogens (primary N) is 1. The second-order valence-corrected chi connectivity index (χ2v) is 11.1. The molecule has 2 N–H and O–H groups in total. The summed E-state index contributed by atoms with van der Waals surface area (Å²) in [6, 6.07) is 10.6. The number of thioether (sulfide) groups is 1. The molecule has 0 bridgehead atoms. The molecular weight excluding hydrogens is 464 g/mol. The van der Waals surface area contributed by atoms with Gasteiger partial charge in [0.2, 0.25) is 0 Å². The highest BCUT2D eigenvalue weighted by atomic mass is 32.2. The molecule has 0 amide bonds. The zero-order valence-electron chi connectivity index (χ0n) is 19.9. The number of aryl methyl sites for hydroxylation is 3. The molecule has 1 aliphatic heterocycles. The van der Waals surface area contributed by atoms with Crippen LogP contribution >= 0.6 is 23.1 Å². The Labute approximate surface area is 207 Å². The van der Waals surface area contributed by atoms with Gasteiger partial charge in [0.25, 0.3) is 5.56 Å². The summed E-state index contributed by atoms with van der Waals surface area (Å²) in [6.45, 7) is 11.2. The zero-order valence-corrected chi connectivity index (χ0v) is 21.5. The first-order valence-corrected chi connectivity index (χ1v) is 13.5. The van der Waals surface area contributed by atoms with E-state index in [-0.39, 0.29) is 5.56 Å². The highest BCUT2D eigenvalue weighted by Crippen LogP contribution is 2.28. The Kier molecular flexibility index (Phi) is 6.50. The molecule has 9 heteroatoms. The molecule has 0 spiro atoms. The van der Waals surface area contributed by atoms with Gasteiger partial charge in [0, 0.05) is 42.2 Å². The fourth-order valence-electron chi connectivity index (χ4n) is 4.54. The first-order chi connectivity index (χ1) is 16.4. The maximum absolute atomic E-state index is 12.7. The minimum absolute atomic E-state index is 0.150. The predicted octanol–water partition coefficient (Wildman–Crippen LogP) is 3.95. The molecule has 1 aromatic carbocycles. The maximum Gasteiger partial charge on any atom is 0.281 e. The average molecular weight is 495 g/mol. The summed E-state index contributed by atoms with van der Waals surface area (Å²) in [7, 11) is 0. The van der Waals surface area contributed by atoms with Crippen molar-refractivity contribution >= 4 is 50.0 Å². The van der Waals surface area contributed by atoms with Crippen molar-refractivity contribution in [1.29, 1.82) is 0 Å². The number of thiophene rings is 1. The van der Waals surface area contributed by atoms with E-state index in [1.165, 1.54) is 15.6 Å². The van der Waals surface area contributed by atoms with Gasteiger partial charge in [-0.2, -0.15) is 0 Å². The van der Waals surface area contributed by atoms with Crippen molar-refractivity contribution in [2.45, 2.75) is 32.3 Å². The van der Waals surface area contributed by atoms with Crippen LogP contribution in [0.3, 0.4) is 0 Å². The van der Waals surface area contributed by atoms with Gasteiger partial charge in [-0.3, -0.25) is 9.69 Å². The molecule has 3 aromatic heterocycles. The van der Waals surface area contributed by atoms with Crippen molar-refractivity contribution in [2.75, 3.05) is 49.2 Å². The summed E-state index contributed by atoms with van der Waals surface area (Å²) in [6.07, 6.45) is 1.02. The first kappa shape index (κ1) is 23.1. The van der Waals surface area contributed by atoms with Gasteiger partial charge in [0.1, 0.15) is 10.6 Å². The first-order valence-electron chi connectivity index (χ1n) is 11.7. The van der Waals surface area contributed by atoms with E-state index in [0.717, 1.165) is 71.5 Å². The van der Waals surface area contributed by atoms with Gasteiger partial charge < -0.3 is 10.7 Å². The molecule has 1 saturated heterocycles. The molecule has 4 aromatic rings. The van der Waals surface area contributed by atoms with Crippen LogP contribution < -0.4 is 16.3 Å². The number of hydrogen-bond acceptors (Lipinski definition) is 8. The molecule has 7 nitrogen and oxygen atoms in total. The fraction of sp³-hybridized carbons (Fsp3) is 0.400. The summed E-state index contributed by atoms with van der Waals surface area (Å²) in [4.78, 5) is 29.0. The second-order valence-electron chi connectivity index (χ2n) is 8.88. The molecule has 5 rings (SSSR count).